The molecule has 1 saturated carbocycles. The maximum absolute atomic E-state index is 12.9. The Bertz CT molecular complexity index is 694. The smallest absolute Gasteiger partial charge is 0.192 e. The van der Waals surface area contributed by atoms with Gasteiger partial charge < -0.3 is 5.11 Å². The fourth-order valence-corrected chi connectivity index (χ4v) is 4.72. The molecule has 0 amide bonds. The van der Waals surface area contributed by atoms with Crippen LogP contribution in [-0.2, 0) is 9.59 Å². The van der Waals surface area contributed by atoms with E-state index in [2.05, 4.69) is 13.2 Å². The highest BCUT2D eigenvalue weighted by Crippen LogP contribution is 2.54. The fourth-order valence-electron chi connectivity index (χ4n) is 4.72. The minimum absolute atomic E-state index is 0.0849. The van der Waals surface area contributed by atoms with E-state index in [-0.39, 0.29) is 29.3 Å². The summed E-state index contributed by atoms with van der Waals surface area (Å²) in [6, 6.07) is 0. The SMILES string of the molecule is C=C(C)C1CCC(=C)C2C1C=C(C)C1(O)C(=O)C=C(C)C(=O)C21. The molecule has 3 heteroatoms. The molecular formula is C20H24O3. The number of carbonyl (C=O) groups is 2. The maximum Gasteiger partial charge on any atom is 0.192 e. The van der Waals surface area contributed by atoms with E-state index in [9.17, 15) is 14.7 Å². The molecule has 5 atom stereocenters. The first kappa shape index (κ1) is 16.1. The van der Waals surface area contributed by atoms with Crippen LogP contribution in [0.25, 0.3) is 0 Å². The number of fused-ring (bicyclic) bond motifs is 3. The standard InChI is InChI=1S/C20H24O3/c1-10(2)14-7-6-11(3)17-15(14)9-13(5)20(23)16(21)8-12(4)19(22)18(17)20/h8-9,14-15,17-18,23H,1,3,6-7H2,2,4-5H3. The van der Waals surface area contributed by atoms with Gasteiger partial charge in [-0.2, -0.15) is 0 Å². The lowest BCUT2D eigenvalue weighted by Gasteiger charge is -2.52. The number of rotatable bonds is 1. The summed E-state index contributed by atoms with van der Waals surface area (Å²) in [7, 11) is 0. The Hall–Kier alpha value is -1.74. The van der Waals surface area contributed by atoms with Gasteiger partial charge in [0.05, 0.1) is 5.92 Å². The van der Waals surface area contributed by atoms with E-state index in [0.29, 0.717) is 11.1 Å². The van der Waals surface area contributed by atoms with Gasteiger partial charge in [-0.25, -0.2) is 0 Å². The monoisotopic (exact) mass is 312 g/mol. The predicted molar refractivity (Wildman–Crippen MR) is 89.6 cm³/mol. The summed E-state index contributed by atoms with van der Waals surface area (Å²) >= 11 is 0. The molecule has 0 bridgehead atoms. The van der Waals surface area contributed by atoms with Gasteiger partial charge in [0.25, 0.3) is 0 Å². The second-order valence-corrected chi connectivity index (χ2v) is 7.40. The zero-order valence-electron chi connectivity index (χ0n) is 14.1. The largest absolute Gasteiger partial charge is 0.376 e. The third-order valence-corrected chi connectivity index (χ3v) is 6.01. The van der Waals surface area contributed by atoms with Crippen LogP contribution in [0.4, 0.5) is 0 Å². The molecule has 122 valence electrons. The molecule has 0 aromatic heterocycles. The molecule has 23 heavy (non-hydrogen) atoms. The quantitative estimate of drug-likeness (QED) is 0.757. The van der Waals surface area contributed by atoms with Crippen molar-refractivity contribution in [3.05, 3.63) is 47.6 Å². The minimum Gasteiger partial charge on any atom is -0.376 e. The van der Waals surface area contributed by atoms with Crippen molar-refractivity contribution in [2.24, 2.45) is 23.7 Å². The van der Waals surface area contributed by atoms with E-state index in [1.807, 2.05) is 13.0 Å². The zero-order valence-corrected chi connectivity index (χ0v) is 14.1. The van der Waals surface area contributed by atoms with E-state index < -0.39 is 11.5 Å². The molecule has 0 aliphatic heterocycles. The molecule has 1 fully saturated rings. The van der Waals surface area contributed by atoms with Crippen LogP contribution in [0.5, 0.6) is 0 Å². The van der Waals surface area contributed by atoms with Crippen molar-refractivity contribution in [2.75, 3.05) is 0 Å². The Balaban J connectivity index is 2.21. The Morgan fingerprint density at radius 2 is 2.00 bits per heavy atom. The highest BCUT2D eigenvalue weighted by molar-refractivity contribution is 6.15. The van der Waals surface area contributed by atoms with Crippen molar-refractivity contribution in [1.29, 1.82) is 0 Å². The van der Waals surface area contributed by atoms with Crippen molar-refractivity contribution < 1.29 is 14.7 Å². The molecule has 0 heterocycles. The lowest BCUT2D eigenvalue weighted by molar-refractivity contribution is -0.148. The van der Waals surface area contributed by atoms with Gasteiger partial charge in [-0.05, 0) is 68.6 Å². The molecule has 3 aliphatic carbocycles. The first-order valence-corrected chi connectivity index (χ1v) is 8.20. The average molecular weight is 312 g/mol. The summed E-state index contributed by atoms with van der Waals surface area (Å²) in [4.78, 5) is 25.4. The summed E-state index contributed by atoms with van der Waals surface area (Å²) in [6.45, 7) is 13.7. The van der Waals surface area contributed by atoms with E-state index in [1.165, 1.54) is 6.08 Å². The lowest BCUT2D eigenvalue weighted by atomic mass is 9.52. The summed E-state index contributed by atoms with van der Waals surface area (Å²) in [6.07, 6.45) is 5.05. The van der Waals surface area contributed by atoms with Crippen molar-refractivity contribution >= 4 is 11.6 Å². The number of Topliss-reactive ketones (excluding diaryl/α,β-unsaturated/α-hetero) is 1. The van der Waals surface area contributed by atoms with Crippen molar-refractivity contribution in [3.63, 3.8) is 0 Å². The highest BCUT2D eigenvalue weighted by atomic mass is 16.3. The molecular weight excluding hydrogens is 288 g/mol. The van der Waals surface area contributed by atoms with Gasteiger partial charge in [-0.15, -0.1) is 0 Å². The van der Waals surface area contributed by atoms with Crippen LogP contribution in [0.3, 0.4) is 0 Å². The first-order valence-electron chi connectivity index (χ1n) is 8.20. The van der Waals surface area contributed by atoms with Crippen LogP contribution in [-0.4, -0.2) is 22.3 Å². The Morgan fingerprint density at radius 1 is 1.35 bits per heavy atom. The molecule has 3 nitrogen and oxygen atoms in total. The lowest BCUT2D eigenvalue weighted by Crippen LogP contribution is -2.60. The average Bonchev–Trinajstić information content (AvgIpc) is 2.46. The third-order valence-electron chi connectivity index (χ3n) is 6.01. The normalized spacial score (nSPS) is 40.1. The Morgan fingerprint density at radius 3 is 2.61 bits per heavy atom. The Labute approximate surface area is 137 Å². The second kappa shape index (κ2) is 5.13. The highest BCUT2D eigenvalue weighted by Gasteiger charge is 2.59. The summed E-state index contributed by atoms with van der Waals surface area (Å²) in [5.41, 5.74) is 1.37. The van der Waals surface area contributed by atoms with Gasteiger partial charge in [0.2, 0.25) is 0 Å². The van der Waals surface area contributed by atoms with E-state index in [4.69, 9.17) is 0 Å². The number of ketones is 2. The van der Waals surface area contributed by atoms with Gasteiger partial charge in [0.1, 0.15) is 0 Å². The van der Waals surface area contributed by atoms with Crippen LogP contribution in [0.15, 0.2) is 47.6 Å². The van der Waals surface area contributed by atoms with Gasteiger partial charge in [-0.1, -0.05) is 30.4 Å². The molecule has 0 spiro atoms. The summed E-state index contributed by atoms with van der Waals surface area (Å²) in [5, 5.41) is 11.2. The van der Waals surface area contributed by atoms with E-state index >= 15 is 0 Å². The van der Waals surface area contributed by atoms with Crippen molar-refractivity contribution in [2.45, 2.75) is 39.2 Å². The fraction of sp³-hybridized carbons (Fsp3) is 0.500. The van der Waals surface area contributed by atoms with Crippen LogP contribution in [0, 0.1) is 23.7 Å². The van der Waals surface area contributed by atoms with Gasteiger partial charge >= 0.3 is 0 Å². The van der Waals surface area contributed by atoms with E-state index in [1.54, 1.807) is 13.8 Å². The van der Waals surface area contributed by atoms with E-state index in [0.717, 1.165) is 24.0 Å². The minimum atomic E-state index is -1.71. The molecule has 5 unspecified atom stereocenters. The molecule has 3 aliphatic rings. The number of hydrogen-bond donors (Lipinski definition) is 1. The van der Waals surface area contributed by atoms with Crippen LogP contribution >= 0.6 is 0 Å². The molecule has 0 saturated heterocycles. The zero-order chi connectivity index (χ0) is 17.1. The third kappa shape index (κ3) is 2.06. The first-order chi connectivity index (χ1) is 10.7. The van der Waals surface area contributed by atoms with Gasteiger partial charge in [-0.3, -0.25) is 9.59 Å². The Kier molecular flexibility index (Phi) is 3.60. The molecule has 0 radical (unpaired) electrons. The molecule has 1 N–H and O–H groups in total. The second-order valence-electron chi connectivity index (χ2n) is 7.40. The van der Waals surface area contributed by atoms with Crippen LogP contribution < -0.4 is 0 Å². The van der Waals surface area contributed by atoms with Gasteiger partial charge in [0.15, 0.2) is 17.2 Å². The number of allylic oxidation sites excluding steroid dienone is 4. The van der Waals surface area contributed by atoms with Crippen LogP contribution in [0.1, 0.15) is 33.6 Å². The number of carbonyl (C=O) groups excluding carboxylic acids is 2. The maximum atomic E-state index is 12.9. The molecule has 0 aromatic rings. The van der Waals surface area contributed by atoms with Crippen LogP contribution in [0.2, 0.25) is 0 Å². The number of hydrogen-bond acceptors (Lipinski definition) is 3. The molecule has 3 rings (SSSR count). The summed E-state index contributed by atoms with van der Waals surface area (Å²) in [5.74, 6) is -1.10. The predicted octanol–water partition coefficient (Wildman–Crippen LogP) is 3.17. The molecule has 0 aromatic carbocycles. The van der Waals surface area contributed by atoms with Gasteiger partial charge in [0, 0.05) is 0 Å². The summed E-state index contributed by atoms with van der Waals surface area (Å²) < 4.78 is 0. The number of aliphatic hydroxyl groups is 1. The topological polar surface area (TPSA) is 54.4 Å². The van der Waals surface area contributed by atoms with Crippen molar-refractivity contribution in [3.8, 4) is 0 Å². The van der Waals surface area contributed by atoms with Crippen molar-refractivity contribution in [1.82, 2.24) is 0 Å².